The van der Waals surface area contributed by atoms with Crippen molar-refractivity contribution in [3.05, 3.63) is 0 Å². The molecule has 0 aliphatic heterocycles. The second-order valence-electron chi connectivity index (χ2n) is 8.01. The Bertz CT molecular complexity index is 746. The largest absolute Gasteiger partial charge is 0.480 e. The zero-order valence-corrected chi connectivity index (χ0v) is 20.0. The fraction of sp³-hybridized carbons (Fsp3) is 0.714. The van der Waals surface area contributed by atoms with E-state index in [0.717, 1.165) is 19.3 Å². The summed E-state index contributed by atoms with van der Waals surface area (Å²) in [7, 11) is 0. The first-order valence-corrected chi connectivity index (χ1v) is 11.4. The number of aliphatic carboxylic acids is 3. The van der Waals surface area contributed by atoms with Crippen LogP contribution in [0, 0.1) is 0 Å². The van der Waals surface area contributed by atoms with Gasteiger partial charge in [0.1, 0.15) is 24.7 Å². The summed E-state index contributed by atoms with van der Waals surface area (Å²) in [5, 5.41) is 33.7. The normalized spacial score (nSPS) is 14.0. The number of nitrogens with two attached hydrogens (primary N) is 1. The molecule has 0 spiro atoms. The smallest absolute Gasteiger partial charge is 0.407 e. The number of unbranched alkanes of at least 4 members (excludes halogenated alkanes) is 3. The van der Waals surface area contributed by atoms with E-state index in [4.69, 9.17) is 20.7 Å². The zero-order valence-electron chi connectivity index (χ0n) is 20.0. The molecule has 0 saturated carbocycles. The molecule has 0 aromatic carbocycles. The minimum absolute atomic E-state index is 0.0182. The number of rotatable bonds is 18. The van der Waals surface area contributed by atoms with E-state index >= 15 is 0 Å². The topological polar surface area (TPSA) is 234 Å². The molecule has 0 heterocycles. The van der Waals surface area contributed by atoms with Gasteiger partial charge in [-0.25, -0.2) is 9.59 Å². The number of alkyl carbamates (subject to hydrolysis) is 1. The number of amides is 3. The second-order valence-corrected chi connectivity index (χ2v) is 8.01. The molecular formula is C21H36N4O10. The number of carboxylic acids is 3. The lowest BCUT2D eigenvalue weighted by atomic mass is 10.0. The molecule has 0 aliphatic rings. The highest BCUT2D eigenvalue weighted by atomic mass is 16.6. The molecule has 14 heteroatoms. The molecule has 0 aromatic rings. The maximum Gasteiger partial charge on any atom is 0.407 e. The molecule has 0 radical (unpaired) electrons. The molecule has 0 saturated heterocycles. The predicted octanol–water partition coefficient (Wildman–Crippen LogP) is -0.207. The lowest BCUT2D eigenvalue weighted by Gasteiger charge is -2.21. The Morgan fingerprint density at radius 1 is 0.800 bits per heavy atom. The molecule has 35 heavy (non-hydrogen) atoms. The Morgan fingerprint density at radius 3 is 2.00 bits per heavy atom. The van der Waals surface area contributed by atoms with E-state index in [9.17, 15) is 33.9 Å². The number of carboxylic acid groups (broad SMARTS) is 3. The first-order valence-electron chi connectivity index (χ1n) is 11.4. The van der Waals surface area contributed by atoms with E-state index < -0.39 is 66.6 Å². The number of hydrogen-bond donors (Lipinski definition) is 7. The number of hydrogen-bond acceptors (Lipinski definition) is 8. The van der Waals surface area contributed by atoms with Crippen LogP contribution in [0.25, 0.3) is 0 Å². The van der Waals surface area contributed by atoms with Crippen LogP contribution in [0.5, 0.6) is 0 Å². The van der Waals surface area contributed by atoms with Crippen LogP contribution in [0.1, 0.15) is 65.2 Å². The van der Waals surface area contributed by atoms with Gasteiger partial charge in [-0.1, -0.05) is 26.2 Å². The van der Waals surface area contributed by atoms with Crippen LogP contribution in [0.2, 0.25) is 0 Å². The molecule has 0 bridgehead atoms. The minimum atomic E-state index is -1.51. The predicted molar refractivity (Wildman–Crippen MR) is 121 cm³/mol. The van der Waals surface area contributed by atoms with E-state index in [1.165, 1.54) is 6.92 Å². The van der Waals surface area contributed by atoms with Crippen molar-refractivity contribution in [2.24, 2.45) is 5.73 Å². The van der Waals surface area contributed by atoms with Crippen LogP contribution in [0.4, 0.5) is 4.79 Å². The fourth-order valence-corrected chi connectivity index (χ4v) is 2.81. The van der Waals surface area contributed by atoms with Crippen LogP contribution < -0.4 is 21.7 Å². The van der Waals surface area contributed by atoms with E-state index in [1.54, 1.807) is 0 Å². The molecule has 4 atom stereocenters. The van der Waals surface area contributed by atoms with E-state index in [1.807, 2.05) is 6.92 Å². The number of carbonyl (C=O) groups excluding carboxylic acids is 3. The Labute approximate surface area is 202 Å². The van der Waals surface area contributed by atoms with Gasteiger partial charge in [0.2, 0.25) is 11.8 Å². The second kappa shape index (κ2) is 17.1. The number of nitrogens with one attached hydrogen (secondary N) is 3. The first kappa shape index (κ1) is 31.6. The van der Waals surface area contributed by atoms with Gasteiger partial charge < -0.3 is 41.7 Å². The van der Waals surface area contributed by atoms with Crippen molar-refractivity contribution in [2.45, 2.75) is 89.4 Å². The van der Waals surface area contributed by atoms with Gasteiger partial charge in [0, 0.05) is 6.42 Å². The third-order valence-corrected chi connectivity index (χ3v) is 4.93. The lowest BCUT2D eigenvalue weighted by Crippen LogP contribution is -2.51. The Morgan fingerprint density at radius 2 is 1.46 bits per heavy atom. The maximum atomic E-state index is 12.4. The van der Waals surface area contributed by atoms with E-state index in [2.05, 4.69) is 16.0 Å². The molecular weight excluding hydrogens is 468 g/mol. The number of ether oxygens (including phenoxy) is 1. The summed E-state index contributed by atoms with van der Waals surface area (Å²) in [4.78, 5) is 69.7. The van der Waals surface area contributed by atoms with Crippen molar-refractivity contribution in [2.75, 3.05) is 6.61 Å². The van der Waals surface area contributed by atoms with Gasteiger partial charge in [-0.05, 0) is 32.6 Å². The van der Waals surface area contributed by atoms with Gasteiger partial charge in [0.25, 0.3) is 0 Å². The van der Waals surface area contributed by atoms with Gasteiger partial charge in [0.15, 0.2) is 6.04 Å². The van der Waals surface area contributed by atoms with Gasteiger partial charge in [-0.2, -0.15) is 0 Å². The Kier molecular flexibility index (Phi) is 15.4. The van der Waals surface area contributed by atoms with Crippen molar-refractivity contribution in [1.29, 1.82) is 0 Å². The molecule has 2 unspecified atom stereocenters. The van der Waals surface area contributed by atoms with Gasteiger partial charge in [-0.15, -0.1) is 0 Å². The van der Waals surface area contributed by atoms with Gasteiger partial charge >= 0.3 is 24.0 Å². The highest BCUT2D eigenvalue weighted by Gasteiger charge is 2.27. The van der Waals surface area contributed by atoms with Crippen molar-refractivity contribution in [3.63, 3.8) is 0 Å². The van der Waals surface area contributed by atoms with E-state index in [-0.39, 0.29) is 25.7 Å². The van der Waals surface area contributed by atoms with Crippen molar-refractivity contribution >= 4 is 35.8 Å². The summed E-state index contributed by atoms with van der Waals surface area (Å²) in [6, 6.07) is -5.27. The van der Waals surface area contributed by atoms with Crippen molar-refractivity contribution < 1.29 is 48.8 Å². The quantitative estimate of drug-likeness (QED) is 0.121. The third kappa shape index (κ3) is 14.4. The molecule has 14 nitrogen and oxygen atoms in total. The average molecular weight is 505 g/mol. The fourth-order valence-electron chi connectivity index (χ4n) is 2.81. The van der Waals surface area contributed by atoms with Gasteiger partial charge in [-0.3, -0.25) is 19.2 Å². The number of carbonyl (C=O) groups is 6. The first-order chi connectivity index (χ1) is 16.4. The standard InChI is InChI=1S/C21H36N4O10/c1-3-4-5-6-10-16(26)24-15(20(32)33)11-35-21(34)25-14(9-7-8-13(22)19(30)31)17(27)23-12(2)18(28)29/h12-15H,3-11,22H2,1-2H3,(H,23,27)(H,24,26)(H,25,34)(H,28,29)(H,30,31)(H,32,33)/t12-,13?,14+,15?/m1/s1. The molecule has 0 fully saturated rings. The van der Waals surface area contributed by atoms with Crippen LogP contribution in [-0.2, 0) is 28.7 Å². The van der Waals surface area contributed by atoms with Gasteiger partial charge in [0.05, 0.1) is 0 Å². The molecule has 3 amide bonds. The molecule has 200 valence electrons. The van der Waals surface area contributed by atoms with E-state index in [0.29, 0.717) is 6.42 Å². The van der Waals surface area contributed by atoms with Crippen LogP contribution >= 0.6 is 0 Å². The summed E-state index contributed by atoms with van der Waals surface area (Å²) in [5.74, 6) is -5.36. The summed E-state index contributed by atoms with van der Waals surface area (Å²) >= 11 is 0. The Balaban J connectivity index is 4.95. The summed E-state index contributed by atoms with van der Waals surface area (Å²) in [6.07, 6.45) is 2.26. The summed E-state index contributed by atoms with van der Waals surface area (Å²) in [5.41, 5.74) is 5.41. The van der Waals surface area contributed by atoms with Crippen LogP contribution in [-0.4, -0.2) is 81.9 Å². The summed E-state index contributed by atoms with van der Waals surface area (Å²) < 4.78 is 4.85. The molecule has 0 aliphatic carbocycles. The lowest BCUT2D eigenvalue weighted by molar-refractivity contribution is -0.143. The summed E-state index contributed by atoms with van der Waals surface area (Å²) in [6.45, 7) is 2.50. The zero-order chi connectivity index (χ0) is 27.0. The monoisotopic (exact) mass is 504 g/mol. The van der Waals surface area contributed by atoms with Crippen LogP contribution in [0.15, 0.2) is 0 Å². The highest BCUT2D eigenvalue weighted by Crippen LogP contribution is 2.06. The molecule has 0 rings (SSSR count). The Hall–Kier alpha value is -3.42. The van der Waals surface area contributed by atoms with Crippen molar-refractivity contribution in [1.82, 2.24) is 16.0 Å². The molecule has 8 N–H and O–H groups in total. The third-order valence-electron chi connectivity index (χ3n) is 4.93. The average Bonchev–Trinajstić information content (AvgIpc) is 2.78. The maximum absolute atomic E-state index is 12.4. The van der Waals surface area contributed by atoms with Crippen molar-refractivity contribution in [3.8, 4) is 0 Å². The SMILES string of the molecule is CCCCCCC(=O)NC(COC(=O)N[C@@H](CCCC(N)C(=O)O)C(=O)N[C@H](C)C(=O)O)C(=O)O. The highest BCUT2D eigenvalue weighted by molar-refractivity contribution is 5.89. The minimum Gasteiger partial charge on any atom is -0.480 e. The molecule has 0 aromatic heterocycles. The van der Waals surface area contributed by atoms with Crippen LogP contribution in [0.3, 0.4) is 0 Å².